The largest absolute Gasteiger partial charge is 0.339 e. The second-order valence-electron chi connectivity index (χ2n) is 6.92. The molecule has 29 heavy (non-hydrogen) atoms. The van der Waals surface area contributed by atoms with Crippen molar-refractivity contribution in [3.05, 3.63) is 70.8 Å². The van der Waals surface area contributed by atoms with Gasteiger partial charge in [-0.1, -0.05) is 24.0 Å². The lowest BCUT2D eigenvalue weighted by molar-refractivity contribution is -0.131. The zero-order valence-electron chi connectivity index (χ0n) is 16.7. The summed E-state index contributed by atoms with van der Waals surface area (Å²) < 4.78 is -0.604. The lowest BCUT2D eigenvalue weighted by Crippen LogP contribution is -2.55. The number of amides is 2. The Morgan fingerprint density at radius 3 is 2.03 bits per heavy atom. The molecule has 2 amide bonds. The van der Waals surface area contributed by atoms with Crippen molar-refractivity contribution in [2.45, 2.75) is 31.2 Å². The van der Waals surface area contributed by atoms with Crippen LogP contribution >= 0.6 is 11.8 Å². The van der Waals surface area contributed by atoms with Crippen molar-refractivity contribution < 1.29 is 14.8 Å². The summed E-state index contributed by atoms with van der Waals surface area (Å²) in [4.78, 5) is 24.5. The van der Waals surface area contributed by atoms with E-state index in [0.717, 1.165) is 16.7 Å². The predicted molar refractivity (Wildman–Crippen MR) is 116 cm³/mol. The molecule has 0 spiro atoms. The molecular weight excluding hydrogens is 386 g/mol. The maximum Gasteiger partial charge on any atom is 0.267 e. The molecule has 152 valence electrons. The molecule has 0 saturated heterocycles. The van der Waals surface area contributed by atoms with Gasteiger partial charge < -0.3 is 11.1 Å². The molecule has 0 heterocycles. The van der Waals surface area contributed by atoms with Gasteiger partial charge in [0.2, 0.25) is 0 Å². The lowest BCUT2D eigenvalue weighted by Gasteiger charge is -2.31. The number of hydroxylamine groups is 1. The quantitative estimate of drug-likeness (QED) is 0.332. The van der Waals surface area contributed by atoms with E-state index in [0.29, 0.717) is 12.1 Å². The molecule has 2 rings (SSSR count). The van der Waals surface area contributed by atoms with Gasteiger partial charge in [0.15, 0.2) is 0 Å². The summed E-state index contributed by atoms with van der Waals surface area (Å²) >= 11 is 1.41. The second kappa shape index (κ2) is 10.1. The Labute approximate surface area is 175 Å². The fourth-order valence-corrected chi connectivity index (χ4v) is 2.93. The van der Waals surface area contributed by atoms with E-state index in [2.05, 4.69) is 17.2 Å². The third-order valence-corrected chi connectivity index (χ3v) is 5.84. The number of carbonyl (C=O) groups is 2. The third kappa shape index (κ3) is 6.09. The molecule has 0 bridgehead atoms. The van der Waals surface area contributed by atoms with E-state index in [4.69, 9.17) is 10.9 Å². The van der Waals surface area contributed by atoms with E-state index in [1.54, 1.807) is 29.7 Å². The summed E-state index contributed by atoms with van der Waals surface area (Å²) in [6, 6.07) is 13.6. The maximum absolute atomic E-state index is 12.6. The maximum atomic E-state index is 12.6. The summed E-state index contributed by atoms with van der Waals surface area (Å²) in [6.45, 7) is 4.12. The zero-order chi connectivity index (χ0) is 21.4. The van der Waals surface area contributed by atoms with Crippen LogP contribution in [0.15, 0.2) is 48.5 Å². The van der Waals surface area contributed by atoms with Crippen LogP contribution in [-0.2, 0) is 11.3 Å². The highest BCUT2D eigenvalue weighted by atomic mass is 32.2. The number of rotatable bonds is 6. The van der Waals surface area contributed by atoms with Crippen LogP contribution in [0, 0.1) is 11.8 Å². The van der Waals surface area contributed by atoms with Gasteiger partial charge in [0.05, 0.1) is 0 Å². The van der Waals surface area contributed by atoms with Crippen LogP contribution in [0.3, 0.4) is 0 Å². The molecule has 0 saturated carbocycles. The highest BCUT2D eigenvalue weighted by molar-refractivity contribution is 8.00. The van der Waals surface area contributed by atoms with Crippen molar-refractivity contribution in [2.75, 3.05) is 6.26 Å². The summed E-state index contributed by atoms with van der Waals surface area (Å²) in [7, 11) is 0. The van der Waals surface area contributed by atoms with Crippen molar-refractivity contribution in [3.8, 4) is 11.8 Å². The SMILES string of the molecule is CSC(C)(C)C(NC(=O)c1ccc(C#Cc2ccc(CN)cc2)cc1)C(=O)NO. The minimum absolute atomic E-state index is 0.399. The highest BCUT2D eigenvalue weighted by Crippen LogP contribution is 2.26. The molecule has 0 aliphatic heterocycles. The Kier molecular flexibility index (Phi) is 7.85. The van der Waals surface area contributed by atoms with Crippen LogP contribution in [0.25, 0.3) is 0 Å². The monoisotopic (exact) mass is 411 g/mol. The Bertz CT molecular complexity index is 913. The van der Waals surface area contributed by atoms with Gasteiger partial charge in [-0.05, 0) is 62.1 Å². The molecule has 6 nitrogen and oxygen atoms in total. The molecule has 0 aromatic heterocycles. The van der Waals surface area contributed by atoms with Crippen LogP contribution in [0.1, 0.15) is 40.9 Å². The van der Waals surface area contributed by atoms with Crippen molar-refractivity contribution in [1.29, 1.82) is 0 Å². The Hall–Kier alpha value is -2.79. The Morgan fingerprint density at radius 2 is 1.59 bits per heavy atom. The average molecular weight is 412 g/mol. The summed E-state index contributed by atoms with van der Waals surface area (Å²) in [6.07, 6.45) is 1.83. The summed E-state index contributed by atoms with van der Waals surface area (Å²) in [5.41, 5.74) is 10.3. The topological polar surface area (TPSA) is 104 Å². The predicted octanol–water partition coefficient (Wildman–Crippen LogP) is 2.29. The normalized spacial score (nSPS) is 11.8. The van der Waals surface area contributed by atoms with Gasteiger partial charge in [-0.25, -0.2) is 5.48 Å². The Morgan fingerprint density at radius 1 is 1.07 bits per heavy atom. The molecule has 2 aromatic carbocycles. The number of hydrogen-bond donors (Lipinski definition) is 4. The molecule has 7 heteroatoms. The van der Waals surface area contributed by atoms with E-state index >= 15 is 0 Å². The summed E-state index contributed by atoms with van der Waals surface area (Å²) in [5, 5.41) is 11.7. The van der Waals surface area contributed by atoms with Gasteiger partial charge in [0.25, 0.3) is 11.8 Å². The number of benzene rings is 2. The first-order valence-electron chi connectivity index (χ1n) is 9.01. The zero-order valence-corrected chi connectivity index (χ0v) is 17.5. The first kappa shape index (κ1) is 22.5. The molecule has 5 N–H and O–H groups in total. The van der Waals surface area contributed by atoms with E-state index in [-0.39, 0.29) is 0 Å². The standard InChI is InChI=1S/C22H25N3O3S/c1-22(2,29-3)19(21(27)25-28)24-20(26)18-12-10-16(11-13-18)5-4-15-6-8-17(14-23)9-7-15/h6-13,19,28H,14,23H2,1-3H3,(H,24,26)(H,25,27). The van der Waals surface area contributed by atoms with Crippen LogP contribution in [-0.4, -0.2) is 34.1 Å². The van der Waals surface area contributed by atoms with E-state index in [1.807, 2.05) is 44.4 Å². The van der Waals surface area contributed by atoms with Crippen LogP contribution in [0.5, 0.6) is 0 Å². The number of nitrogens with two attached hydrogens (primary N) is 1. The molecule has 0 radical (unpaired) electrons. The molecule has 0 fully saturated rings. The van der Waals surface area contributed by atoms with E-state index < -0.39 is 22.6 Å². The van der Waals surface area contributed by atoms with Crippen molar-refractivity contribution in [2.24, 2.45) is 5.73 Å². The first-order chi connectivity index (χ1) is 13.8. The first-order valence-corrected chi connectivity index (χ1v) is 10.2. The number of carbonyl (C=O) groups excluding carboxylic acids is 2. The number of nitrogens with one attached hydrogen (secondary N) is 2. The molecular formula is C22H25N3O3S. The van der Waals surface area contributed by atoms with E-state index in [9.17, 15) is 9.59 Å². The number of hydrogen-bond acceptors (Lipinski definition) is 5. The fraction of sp³-hybridized carbons (Fsp3) is 0.273. The number of thioether (sulfide) groups is 1. The van der Waals surface area contributed by atoms with Gasteiger partial charge >= 0.3 is 0 Å². The van der Waals surface area contributed by atoms with Gasteiger partial charge in [0, 0.05) is 28.0 Å². The van der Waals surface area contributed by atoms with E-state index in [1.165, 1.54) is 11.8 Å². The van der Waals surface area contributed by atoms with Gasteiger partial charge in [0.1, 0.15) is 6.04 Å². The molecule has 1 atom stereocenters. The van der Waals surface area contributed by atoms with Crippen molar-refractivity contribution in [3.63, 3.8) is 0 Å². The molecule has 0 aliphatic carbocycles. The smallest absolute Gasteiger partial charge is 0.267 e. The minimum atomic E-state index is -0.897. The molecule has 1 unspecified atom stereocenters. The van der Waals surface area contributed by atoms with Gasteiger partial charge in [-0.3, -0.25) is 14.8 Å². The second-order valence-corrected chi connectivity index (χ2v) is 8.38. The minimum Gasteiger partial charge on any atom is -0.339 e. The summed E-state index contributed by atoms with van der Waals surface area (Å²) in [5.74, 6) is 5.05. The van der Waals surface area contributed by atoms with Crippen LogP contribution in [0.4, 0.5) is 0 Å². The van der Waals surface area contributed by atoms with Gasteiger partial charge in [-0.2, -0.15) is 11.8 Å². The highest BCUT2D eigenvalue weighted by Gasteiger charge is 2.36. The average Bonchev–Trinajstić information content (AvgIpc) is 2.75. The van der Waals surface area contributed by atoms with Gasteiger partial charge in [-0.15, -0.1) is 0 Å². The van der Waals surface area contributed by atoms with Crippen molar-refractivity contribution >= 4 is 23.6 Å². The molecule has 0 aliphatic rings. The van der Waals surface area contributed by atoms with Crippen molar-refractivity contribution in [1.82, 2.24) is 10.8 Å². The fourth-order valence-electron chi connectivity index (χ4n) is 2.53. The lowest BCUT2D eigenvalue weighted by atomic mass is 10.0. The van der Waals surface area contributed by atoms with Crippen LogP contribution in [0.2, 0.25) is 0 Å². The Balaban J connectivity index is 2.11. The van der Waals surface area contributed by atoms with Crippen LogP contribution < -0.4 is 16.5 Å². The molecule has 2 aromatic rings. The third-order valence-electron chi connectivity index (χ3n) is 4.56.